The molecule has 0 aliphatic carbocycles. The molecule has 3 aromatic rings. The fourth-order valence-electron chi connectivity index (χ4n) is 2.73. The van der Waals surface area contributed by atoms with Gasteiger partial charge in [0, 0.05) is 18.0 Å². The number of aromatic nitrogens is 1. The van der Waals surface area contributed by atoms with E-state index in [4.69, 9.17) is 5.26 Å². The second kappa shape index (κ2) is 7.45. The van der Waals surface area contributed by atoms with Gasteiger partial charge in [-0.3, -0.25) is 9.78 Å². The number of aliphatic carboxylic acids is 1. The van der Waals surface area contributed by atoms with Crippen molar-refractivity contribution < 1.29 is 14.7 Å². The summed E-state index contributed by atoms with van der Waals surface area (Å²) in [7, 11) is 0. The molecule has 2 aromatic carbocycles. The summed E-state index contributed by atoms with van der Waals surface area (Å²) in [6, 6.07) is 16.3. The number of carbonyl (C=O) groups is 2. The second-order valence-electron chi connectivity index (χ2n) is 5.76. The SMILES string of the molecule is N#Cc1cccc(C[C@@H](NC(=O)c2ccnc3ccccc23)C(=O)O)c1. The van der Waals surface area contributed by atoms with E-state index in [1.165, 1.54) is 6.20 Å². The Hall–Kier alpha value is -3.72. The van der Waals surface area contributed by atoms with Crippen LogP contribution >= 0.6 is 0 Å². The number of carbonyl (C=O) groups excluding carboxylic acids is 1. The molecule has 1 atom stereocenters. The summed E-state index contributed by atoms with van der Waals surface area (Å²) in [5.41, 5.74) is 2.14. The Morgan fingerprint density at radius 1 is 1.15 bits per heavy atom. The van der Waals surface area contributed by atoms with Gasteiger partial charge in [-0.15, -0.1) is 0 Å². The summed E-state index contributed by atoms with van der Waals surface area (Å²) in [4.78, 5) is 28.4. The van der Waals surface area contributed by atoms with E-state index in [2.05, 4.69) is 10.3 Å². The number of fused-ring (bicyclic) bond motifs is 1. The van der Waals surface area contributed by atoms with Gasteiger partial charge in [0.2, 0.25) is 0 Å². The van der Waals surface area contributed by atoms with Crippen molar-refractivity contribution in [1.29, 1.82) is 5.26 Å². The molecule has 0 spiro atoms. The third-order valence-electron chi connectivity index (χ3n) is 3.99. The lowest BCUT2D eigenvalue weighted by Gasteiger charge is -2.15. The number of nitriles is 1. The van der Waals surface area contributed by atoms with Crippen LogP contribution in [0.5, 0.6) is 0 Å². The maximum Gasteiger partial charge on any atom is 0.326 e. The first-order chi connectivity index (χ1) is 12.6. The number of hydrogen-bond acceptors (Lipinski definition) is 4. The smallest absolute Gasteiger partial charge is 0.326 e. The van der Waals surface area contributed by atoms with Gasteiger partial charge in [-0.2, -0.15) is 5.26 Å². The van der Waals surface area contributed by atoms with Crippen molar-refractivity contribution in [3.05, 3.63) is 77.5 Å². The van der Waals surface area contributed by atoms with Crippen LogP contribution in [0.4, 0.5) is 0 Å². The molecule has 128 valence electrons. The molecule has 0 aliphatic heterocycles. The van der Waals surface area contributed by atoms with Crippen LogP contribution in [0.2, 0.25) is 0 Å². The largest absolute Gasteiger partial charge is 0.480 e. The van der Waals surface area contributed by atoms with E-state index in [-0.39, 0.29) is 6.42 Å². The van der Waals surface area contributed by atoms with Crippen LogP contribution in [0, 0.1) is 11.3 Å². The van der Waals surface area contributed by atoms with Gasteiger partial charge < -0.3 is 10.4 Å². The minimum absolute atomic E-state index is 0.0829. The Kier molecular flexibility index (Phi) is 4.90. The molecule has 26 heavy (non-hydrogen) atoms. The van der Waals surface area contributed by atoms with E-state index >= 15 is 0 Å². The van der Waals surface area contributed by atoms with E-state index < -0.39 is 17.9 Å². The molecule has 6 heteroatoms. The van der Waals surface area contributed by atoms with E-state index in [9.17, 15) is 14.7 Å². The number of carboxylic acid groups (broad SMARTS) is 1. The zero-order valence-electron chi connectivity index (χ0n) is 13.7. The first-order valence-corrected chi connectivity index (χ1v) is 7.95. The topological polar surface area (TPSA) is 103 Å². The van der Waals surface area contributed by atoms with Crippen molar-refractivity contribution in [3.63, 3.8) is 0 Å². The molecule has 0 fully saturated rings. The monoisotopic (exact) mass is 345 g/mol. The number of amides is 1. The highest BCUT2D eigenvalue weighted by molar-refractivity contribution is 6.06. The molecule has 0 saturated carbocycles. The summed E-state index contributed by atoms with van der Waals surface area (Å²) >= 11 is 0. The van der Waals surface area contributed by atoms with Crippen molar-refractivity contribution >= 4 is 22.8 Å². The van der Waals surface area contributed by atoms with Gasteiger partial charge in [-0.1, -0.05) is 30.3 Å². The molecule has 0 saturated heterocycles. The lowest BCUT2D eigenvalue weighted by molar-refractivity contribution is -0.139. The van der Waals surface area contributed by atoms with Crippen LogP contribution < -0.4 is 5.32 Å². The number of rotatable bonds is 5. The van der Waals surface area contributed by atoms with Crippen molar-refractivity contribution in [1.82, 2.24) is 10.3 Å². The first kappa shape index (κ1) is 17.1. The molecule has 3 rings (SSSR count). The number of nitrogens with zero attached hydrogens (tertiary/aromatic N) is 2. The van der Waals surface area contributed by atoms with Gasteiger partial charge in [0.05, 0.1) is 22.7 Å². The minimum atomic E-state index is -1.14. The zero-order valence-corrected chi connectivity index (χ0v) is 13.7. The predicted octanol–water partition coefficient (Wildman–Crippen LogP) is 2.53. The highest BCUT2D eigenvalue weighted by Gasteiger charge is 2.22. The third kappa shape index (κ3) is 3.68. The molecule has 0 radical (unpaired) electrons. The molecule has 1 amide bonds. The lowest BCUT2D eigenvalue weighted by Crippen LogP contribution is -2.42. The number of para-hydroxylation sites is 1. The number of nitrogens with one attached hydrogen (secondary N) is 1. The minimum Gasteiger partial charge on any atom is -0.480 e. The Morgan fingerprint density at radius 2 is 1.96 bits per heavy atom. The van der Waals surface area contributed by atoms with Crippen LogP contribution in [-0.2, 0) is 11.2 Å². The first-order valence-electron chi connectivity index (χ1n) is 7.95. The molecular weight excluding hydrogens is 330 g/mol. The van der Waals surface area contributed by atoms with E-state index in [1.54, 1.807) is 48.5 Å². The summed E-state index contributed by atoms with van der Waals surface area (Å²) < 4.78 is 0. The van der Waals surface area contributed by atoms with E-state index in [0.717, 1.165) is 0 Å². The van der Waals surface area contributed by atoms with Crippen LogP contribution in [0.1, 0.15) is 21.5 Å². The molecule has 6 nitrogen and oxygen atoms in total. The molecule has 0 unspecified atom stereocenters. The Morgan fingerprint density at radius 3 is 2.73 bits per heavy atom. The lowest BCUT2D eigenvalue weighted by atomic mass is 10.0. The summed E-state index contributed by atoms with van der Waals surface area (Å²) in [5.74, 6) is -1.62. The van der Waals surface area contributed by atoms with Gasteiger partial charge >= 0.3 is 5.97 Å². The number of benzene rings is 2. The molecular formula is C20H15N3O3. The predicted molar refractivity (Wildman–Crippen MR) is 95.5 cm³/mol. The van der Waals surface area contributed by atoms with Crippen LogP contribution in [0.15, 0.2) is 60.8 Å². The standard InChI is InChI=1S/C20H15N3O3/c21-12-14-5-3-4-13(10-14)11-18(20(25)26)23-19(24)16-8-9-22-17-7-2-1-6-15(16)17/h1-10,18H,11H2,(H,23,24)(H,25,26)/t18-/m1/s1. The fraction of sp³-hybridized carbons (Fsp3) is 0.100. The Bertz CT molecular complexity index is 1020. The third-order valence-corrected chi connectivity index (χ3v) is 3.99. The second-order valence-corrected chi connectivity index (χ2v) is 5.76. The van der Waals surface area contributed by atoms with Crippen LogP contribution in [0.25, 0.3) is 10.9 Å². The van der Waals surface area contributed by atoms with Crippen molar-refractivity contribution in [2.75, 3.05) is 0 Å². The average Bonchev–Trinajstić information content (AvgIpc) is 2.67. The Labute approximate surface area is 149 Å². The van der Waals surface area contributed by atoms with Gasteiger partial charge in [-0.25, -0.2) is 4.79 Å². The van der Waals surface area contributed by atoms with Crippen molar-refractivity contribution in [2.24, 2.45) is 0 Å². The van der Waals surface area contributed by atoms with Crippen LogP contribution in [0.3, 0.4) is 0 Å². The highest BCUT2D eigenvalue weighted by atomic mass is 16.4. The molecule has 0 bridgehead atoms. The van der Waals surface area contributed by atoms with Gasteiger partial charge in [0.15, 0.2) is 0 Å². The molecule has 2 N–H and O–H groups in total. The molecule has 1 aromatic heterocycles. The average molecular weight is 345 g/mol. The maximum absolute atomic E-state index is 12.6. The zero-order chi connectivity index (χ0) is 18.5. The summed E-state index contributed by atoms with van der Waals surface area (Å²) in [6.07, 6.45) is 1.60. The molecule has 0 aliphatic rings. The number of carboxylic acids is 1. The van der Waals surface area contributed by atoms with Crippen molar-refractivity contribution in [3.8, 4) is 6.07 Å². The quantitative estimate of drug-likeness (QED) is 0.739. The fourth-order valence-corrected chi connectivity index (χ4v) is 2.73. The number of hydrogen-bond donors (Lipinski definition) is 2. The Balaban J connectivity index is 1.84. The van der Waals surface area contributed by atoms with Gasteiger partial charge in [0.1, 0.15) is 6.04 Å². The van der Waals surface area contributed by atoms with E-state index in [0.29, 0.717) is 27.6 Å². The van der Waals surface area contributed by atoms with Gasteiger partial charge in [0.25, 0.3) is 5.91 Å². The number of pyridine rings is 1. The van der Waals surface area contributed by atoms with Gasteiger partial charge in [-0.05, 0) is 29.8 Å². The van der Waals surface area contributed by atoms with Crippen molar-refractivity contribution in [2.45, 2.75) is 12.5 Å². The normalized spacial score (nSPS) is 11.5. The van der Waals surface area contributed by atoms with E-state index in [1.807, 2.05) is 12.1 Å². The molecule has 1 heterocycles. The van der Waals surface area contributed by atoms with Crippen LogP contribution in [-0.4, -0.2) is 28.0 Å². The highest BCUT2D eigenvalue weighted by Crippen LogP contribution is 2.16. The summed E-state index contributed by atoms with van der Waals surface area (Å²) in [6.45, 7) is 0. The maximum atomic E-state index is 12.6. The summed E-state index contributed by atoms with van der Waals surface area (Å²) in [5, 5.41) is 21.7.